The summed E-state index contributed by atoms with van der Waals surface area (Å²) in [5.74, 6) is -2.72. The molecule has 1 aliphatic heterocycles. The van der Waals surface area contributed by atoms with Crippen LogP contribution >= 0.6 is 0 Å². The minimum Gasteiger partial charge on any atom is -0.507 e. The van der Waals surface area contributed by atoms with E-state index in [2.05, 4.69) is 45.0 Å². The van der Waals surface area contributed by atoms with Crippen molar-refractivity contribution in [2.75, 3.05) is 18.1 Å². The van der Waals surface area contributed by atoms with E-state index in [4.69, 9.17) is 4.43 Å². The summed E-state index contributed by atoms with van der Waals surface area (Å²) in [4.78, 5) is 29.6. The molecular weight excluding hydrogens is 679 g/mol. The number of carbonyl (C=O) groups is 2. The number of phenols is 1. The maximum absolute atomic E-state index is 14.2. The van der Waals surface area contributed by atoms with Crippen molar-refractivity contribution < 1.29 is 29.3 Å². The zero-order chi connectivity index (χ0) is 37.8. The molecule has 1 aliphatic carbocycles. The number of hydrogen-bond donors (Lipinski definition) is 3. The summed E-state index contributed by atoms with van der Waals surface area (Å²) in [6.45, 7) is 8.40. The fourth-order valence-corrected chi connectivity index (χ4v) is 13.1. The van der Waals surface area contributed by atoms with E-state index in [-0.39, 0.29) is 35.6 Å². The van der Waals surface area contributed by atoms with Gasteiger partial charge in [0.25, 0.3) is 8.32 Å². The van der Waals surface area contributed by atoms with E-state index in [1.807, 2.05) is 67.6 Å². The van der Waals surface area contributed by atoms with E-state index in [0.717, 1.165) is 27.9 Å². The number of para-hydroxylation sites is 2. The van der Waals surface area contributed by atoms with Crippen LogP contribution in [0.4, 0.5) is 5.69 Å². The van der Waals surface area contributed by atoms with E-state index in [0.29, 0.717) is 29.7 Å². The Morgan fingerprint density at radius 2 is 1.43 bits per heavy atom. The number of nitrogens with zero attached hydrogens (tertiary/aromatic N) is 1. The van der Waals surface area contributed by atoms with Gasteiger partial charge in [0.1, 0.15) is 5.75 Å². The zero-order valence-corrected chi connectivity index (χ0v) is 32.1. The lowest BCUT2D eigenvalue weighted by molar-refractivity contribution is -0.123. The fourth-order valence-electron chi connectivity index (χ4n) is 8.54. The van der Waals surface area contributed by atoms with Crippen LogP contribution < -0.4 is 15.3 Å². The summed E-state index contributed by atoms with van der Waals surface area (Å²) in [5.41, 5.74) is 3.63. The van der Waals surface area contributed by atoms with E-state index in [1.165, 1.54) is 4.90 Å². The average Bonchev–Trinajstić information content (AvgIpc) is 3.42. The van der Waals surface area contributed by atoms with Crippen LogP contribution in [-0.2, 0) is 14.0 Å². The van der Waals surface area contributed by atoms with Crippen LogP contribution in [0.15, 0.2) is 132 Å². The molecule has 4 aromatic rings. The van der Waals surface area contributed by atoms with Crippen LogP contribution in [0.25, 0.3) is 6.08 Å². The van der Waals surface area contributed by atoms with Gasteiger partial charge >= 0.3 is 0 Å². The summed E-state index contributed by atoms with van der Waals surface area (Å²) in [6.07, 6.45) is 2.79. The molecule has 4 atom stereocenters. The van der Waals surface area contributed by atoms with Gasteiger partial charge in [0, 0.05) is 11.5 Å². The van der Waals surface area contributed by atoms with Gasteiger partial charge < -0.3 is 19.7 Å². The van der Waals surface area contributed by atoms with Crippen LogP contribution in [0.3, 0.4) is 0 Å². The predicted octanol–water partition coefficient (Wildman–Crippen LogP) is 7.02. The van der Waals surface area contributed by atoms with Gasteiger partial charge in [0.05, 0.1) is 36.8 Å². The number of imide groups is 1. The summed E-state index contributed by atoms with van der Waals surface area (Å²) in [7, 11) is -3.02. The largest absolute Gasteiger partial charge is 0.507 e. The third-order valence-corrected chi connectivity index (χ3v) is 16.1. The molecule has 0 aromatic heterocycles. The van der Waals surface area contributed by atoms with Crippen LogP contribution in [0.2, 0.25) is 5.04 Å². The SMILES string of the molecule is CC/C(=C\c1ccccc1O)CC[C@@H](O)C1=C(CO[Si](c2ccccc2)(c2ccccc2)C(C)(C)C)C[C@H]2C(=O)N(c3ccccc3)C(=O)[C@H]2[C@H]1CO. The predicted molar refractivity (Wildman–Crippen MR) is 213 cm³/mol. The van der Waals surface area contributed by atoms with Crippen molar-refractivity contribution in [3.63, 3.8) is 0 Å². The van der Waals surface area contributed by atoms with Gasteiger partial charge in [-0.2, -0.15) is 0 Å². The van der Waals surface area contributed by atoms with Gasteiger partial charge in [-0.15, -0.1) is 0 Å². The highest BCUT2D eigenvalue weighted by Gasteiger charge is 2.56. The third-order valence-electron chi connectivity index (χ3n) is 11.1. The molecule has 2 amide bonds. The smallest absolute Gasteiger partial charge is 0.261 e. The van der Waals surface area contributed by atoms with Crippen LogP contribution in [0.5, 0.6) is 5.75 Å². The molecule has 0 radical (unpaired) electrons. The number of fused-ring (bicyclic) bond motifs is 1. The van der Waals surface area contributed by atoms with Gasteiger partial charge in [0.2, 0.25) is 11.8 Å². The van der Waals surface area contributed by atoms with Crippen molar-refractivity contribution in [3.05, 3.63) is 138 Å². The highest BCUT2D eigenvalue weighted by Crippen LogP contribution is 2.48. The van der Waals surface area contributed by atoms with Crippen LogP contribution in [0.1, 0.15) is 58.9 Å². The molecule has 2 aliphatic rings. The summed E-state index contributed by atoms with van der Waals surface area (Å²) >= 11 is 0. The first-order chi connectivity index (χ1) is 25.5. The minimum atomic E-state index is -3.02. The number of carbonyl (C=O) groups excluding carboxylic acids is 2. The topological polar surface area (TPSA) is 107 Å². The zero-order valence-electron chi connectivity index (χ0n) is 31.1. The lowest BCUT2D eigenvalue weighted by Gasteiger charge is -2.44. The second kappa shape index (κ2) is 16.2. The van der Waals surface area contributed by atoms with Gasteiger partial charge in [0.15, 0.2) is 0 Å². The Hall–Kier alpha value is -4.60. The quantitative estimate of drug-likeness (QED) is 0.0777. The normalized spacial score (nSPS) is 20.2. The van der Waals surface area contributed by atoms with E-state index in [1.54, 1.807) is 36.4 Å². The number of phenolic OH excluding ortho intramolecular Hbond substituents is 1. The second-order valence-electron chi connectivity index (χ2n) is 15.3. The molecular formula is C45H51NO6Si. The van der Waals surface area contributed by atoms with Crippen LogP contribution in [0, 0.1) is 17.8 Å². The van der Waals surface area contributed by atoms with Crippen molar-refractivity contribution in [1.29, 1.82) is 0 Å². The van der Waals surface area contributed by atoms with E-state index < -0.39 is 38.8 Å². The monoisotopic (exact) mass is 729 g/mol. The Kier molecular flexibility index (Phi) is 11.6. The Bertz CT molecular complexity index is 1910. The third kappa shape index (κ3) is 7.46. The first kappa shape index (κ1) is 38.1. The van der Waals surface area contributed by atoms with Gasteiger partial charge in [-0.25, -0.2) is 0 Å². The molecule has 3 N–H and O–H groups in total. The number of benzene rings is 4. The molecule has 1 heterocycles. The molecule has 276 valence electrons. The first-order valence-corrected chi connectivity index (χ1v) is 20.6. The molecule has 0 unspecified atom stereocenters. The first-order valence-electron chi connectivity index (χ1n) is 18.7. The number of anilines is 1. The highest BCUT2D eigenvalue weighted by atomic mass is 28.4. The number of hydrogen-bond acceptors (Lipinski definition) is 6. The van der Waals surface area contributed by atoms with Crippen molar-refractivity contribution in [2.24, 2.45) is 17.8 Å². The molecule has 1 saturated heterocycles. The second-order valence-corrected chi connectivity index (χ2v) is 19.6. The maximum Gasteiger partial charge on any atom is 0.261 e. The molecule has 7 nitrogen and oxygen atoms in total. The molecule has 6 rings (SSSR count). The van der Waals surface area contributed by atoms with Crippen molar-refractivity contribution in [1.82, 2.24) is 0 Å². The number of aliphatic hydroxyl groups excluding tert-OH is 2. The Balaban J connectivity index is 1.42. The lowest BCUT2D eigenvalue weighted by atomic mass is 9.68. The number of aliphatic hydroxyl groups is 2. The Morgan fingerprint density at radius 1 is 0.868 bits per heavy atom. The summed E-state index contributed by atoms with van der Waals surface area (Å²) < 4.78 is 7.38. The lowest BCUT2D eigenvalue weighted by Crippen LogP contribution is -2.66. The van der Waals surface area contributed by atoms with Crippen LogP contribution in [-0.4, -0.2) is 54.8 Å². The molecule has 53 heavy (non-hydrogen) atoms. The van der Waals surface area contributed by atoms with E-state index in [9.17, 15) is 24.9 Å². The molecule has 0 spiro atoms. The number of rotatable bonds is 13. The minimum absolute atomic E-state index is 0.139. The Labute approximate surface area is 314 Å². The van der Waals surface area contributed by atoms with Gasteiger partial charge in [-0.1, -0.05) is 136 Å². The average molecular weight is 730 g/mol. The number of allylic oxidation sites excluding steroid dienone is 1. The highest BCUT2D eigenvalue weighted by molar-refractivity contribution is 6.99. The number of amides is 2. The van der Waals surface area contributed by atoms with Crippen molar-refractivity contribution >= 4 is 42.3 Å². The number of aromatic hydroxyl groups is 1. The molecule has 0 bridgehead atoms. The standard InChI is InChI=1S/C45H51NO6Si/c1-5-31(27-32-17-15-16-24-39(32)48)25-26-40(49)41-33(28-37-42(38(41)29-47)44(51)46(43(37)50)34-18-9-6-10-19-34)30-52-53(45(2,3)4,35-20-11-7-12-21-35)36-22-13-8-14-23-36/h6-24,27,37-38,40,42,47-49H,5,25-26,28-30H2,1-4H3/b31-27+/t37-,38+,40-,42-/m1/s1. The van der Waals surface area contributed by atoms with Crippen molar-refractivity contribution in [3.8, 4) is 5.75 Å². The van der Waals surface area contributed by atoms with Gasteiger partial charge in [-0.05, 0) is 70.4 Å². The molecule has 0 saturated carbocycles. The Morgan fingerprint density at radius 3 is 1.98 bits per heavy atom. The molecule has 1 fully saturated rings. The fraction of sp³-hybridized carbons (Fsp3) is 0.333. The molecule has 4 aromatic carbocycles. The summed E-state index contributed by atoms with van der Waals surface area (Å²) in [6, 6.07) is 36.7. The summed E-state index contributed by atoms with van der Waals surface area (Å²) in [5, 5.41) is 35.6. The van der Waals surface area contributed by atoms with Gasteiger partial charge in [-0.3, -0.25) is 14.5 Å². The molecule has 8 heteroatoms. The maximum atomic E-state index is 14.2. The van der Waals surface area contributed by atoms with Crippen molar-refractivity contribution in [2.45, 2.75) is 64.5 Å². The van der Waals surface area contributed by atoms with E-state index >= 15 is 0 Å².